The van der Waals surface area contributed by atoms with E-state index in [1.165, 1.54) is 31.4 Å². The minimum Gasteiger partial charge on any atom is -0.379 e. The number of rotatable bonds is 6. The zero-order valence-electron chi connectivity index (χ0n) is 12.9. The van der Waals surface area contributed by atoms with Gasteiger partial charge in [0.1, 0.15) is 0 Å². The molecule has 2 aliphatic rings. The van der Waals surface area contributed by atoms with E-state index in [2.05, 4.69) is 35.2 Å². The van der Waals surface area contributed by atoms with E-state index < -0.39 is 0 Å². The number of hydrogen-bond donors (Lipinski definition) is 0. The molecule has 3 nitrogen and oxygen atoms in total. The molecule has 2 saturated heterocycles. The smallest absolute Gasteiger partial charge is 0.0607 e. The van der Waals surface area contributed by atoms with Crippen LogP contribution in [0.15, 0.2) is 30.3 Å². The molecule has 1 aromatic carbocycles. The highest BCUT2D eigenvalue weighted by Crippen LogP contribution is 2.26. The monoisotopic (exact) mass is 289 g/mol. The Balaban J connectivity index is 1.56. The maximum Gasteiger partial charge on any atom is 0.0607 e. The van der Waals surface area contributed by atoms with Crippen LogP contribution in [0, 0.1) is 5.92 Å². The summed E-state index contributed by atoms with van der Waals surface area (Å²) in [5.41, 5.74) is 1.44. The van der Waals surface area contributed by atoms with Gasteiger partial charge in [0, 0.05) is 19.7 Å². The van der Waals surface area contributed by atoms with Crippen molar-refractivity contribution >= 4 is 0 Å². The third-order valence-electron chi connectivity index (χ3n) is 4.75. The minimum atomic E-state index is 0.464. The molecule has 0 aromatic heterocycles. The zero-order valence-corrected chi connectivity index (χ0v) is 12.9. The third kappa shape index (κ3) is 4.53. The topological polar surface area (TPSA) is 21.7 Å². The maximum atomic E-state index is 5.98. The van der Waals surface area contributed by atoms with Gasteiger partial charge in [-0.1, -0.05) is 30.3 Å². The SMILES string of the molecule is c1ccc(CC(CCN2CCOCC2)C2CCCO2)cc1. The van der Waals surface area contributed by atoms with E-state index in [-0.39, 0.29) is 0 Å². The molecule has 2 unspecified atom stereocenters. The lowest BCUT2D eigenvalue weighted by Gasteiger charge is -2.30. The quantitative estimate of drug-likeness (QED) is 0.804. The van der Waals surface area contributed by atoms with E-state index in [9.17, 15) is 0 Å². The Morgan fingerprint density at radius 3 is 2.62 bits per heavy atom. The van der Waals surface area contributed by atoms with Gasteiger partial charge >= 0.3 is 0 Å². The summed E-state index contributed by atoms with van der Waals surface area (Å²) in [6, 6.07) is 10.9. The lowest BCUT2D eigenvalue weighted by Crippen LogP contribution is -2.38. The Hall–Kier alpha value is -0.900. The lowest BCUT2D eigenvalue weighted by molar-refractivity contribution is 0.0235. The van der Waals surface area contributed by atoms with Gasteiger partial charge in [-0.25, -0.2) is 0 Å². The summed E-state index contributed by atoms with van der Waals surface area (Å²) in [5.74, 6) is 0.651. The molecule has 3 rings (SSSR count). The Morgan fingerprint density at radius 2 is 1.90 bits per heavy atom. The fourth-order valence-corrected chi connectivity index (χ4v) is 3.48. The zero-order chi connectivity index (χ0) is 14.3. The molecule has 0 amide bonds. The summed E-state index contributed by atoms with van der Waals surface area (Å²) in [5, 5.41) is 0. The van der Waals surface area contributed by atoms with Crippen molar-refractivity contribution in [3.63, 3.8) is 0 Å². The second kappa shape index (κ2) is 7.92. The summed E-state index contributed by atoms with van der Waals surface area (Å²) >= 11 is 0. The predicted molar refractivity (Wildman–Crippen MR) is 84.5 cm³/mol. The van der Waals surface area contributed by atoms with Crippen LogP contribution >= 0.6 is 0 Å². The van der Waals surface area contributed by atoms with Gasteiger partial charge in [0.25, 0.3) is 0 Å². The molecule has 0 spiro atoms. The van der Waals surface area contributed by atoms with Crippen molar-refractivity contribution in [1.29, 1.82) is 0 Å². The molecule has 0 bridgehead atoms. The van der Waals surface area contributed by atoms with E-state index in [1.54, 1.807) is 0 Å². The first kappa shape index (κ1) is 15.0. The van der Waals surface area contributed by atoms with Crippen LogP contribution in [-0.4, -0.2) is 50.5 Å². The molecule has 0 saturated carbocycles. The van der Waals surface area contributed by atoms with E-state index in [4.69, 9.17) is 9.47 Å². The van der Waals surface area contributed by atoms with Crippen LogP contribution < -0.4 is 0 Å². The first-order valence-corrected chi connectivity index (χ1v) is 8.37. The highest BCUT2D eigenvalue weighted by Gasteiger charge is 2.26. The Labute approximate surface area is 128 Å². The van der Waals surface area contributed by atoms with Crippen LogP contribution in [0.3, 0.4) is 0 Å². The molecular weight excluding hydrogens is 262 g/mol. The first-order chi connectivity index (χ1) is 10.4. The average molecular weight is 289 g/mol. The summed E-state index contributed by atoms with van der Waals surface area (Å²) in [7, 11) is 0. The summed E-state index contributed by atoms with van der Waals surface area (Å²) < 4.78 is 11.4. The Kier molecular flexibility index (Phi) is 5.67. The van der Waals surface area contributed by atoms with Crippen molar-refractivity contribution in [2.75, 3.05) is 39.5 Å². The molecule has 2 atom stereocenters. The fraction of sp³-hybridized carbons (Fsp3) is 0.667. The number of ether oxygens (including phenoxy) is 2. The molecule has 0 aliphatic carbocycles. The number of hydrogen-bond acceptors (Lipinski definition) is 3. The molecule has 3 heteroatoms. The largest absolute Gasteiger partial charge is 0.379 e. The van der Waals surface area contributed by atoms with Crippen molar-refractivity contribution in [2.45, 2.75) is 31.8 Å². The van der Waals surface area contributed by atoms with Crippen LogP contribution in [0.25, 0.3) is 0 Å². The van der Waals surface area contributed by atoms with Gasteiger partial charge in [0.15, 0.2) is 0 Å². The summed E-state index contributed by atoms with van der Waals surface area (Å²) in [6.45, 7) is 6.09. The molecule has 116 valence electrons. The molecule has 0 N–H and O–H groups in total. The Morgan fingerprint density at radius 1 is 1.10 bits per heavy atom. The molecule has 2 heterocycles. The van der Waals surface area contributed by atoms with Gasteiger partial charge in [-0.2, -0.15) is 0 Å². The van der Waals surface area contributed by atoms with E-state index >= 15 is 0 Å². The third-order valence-corrected chi connectivity index (χ3v) is 4.75. The second-order valence-corrected chi connectivity index (χ2v) is 6.24. The van der Waals surface area contributed by atoms with Crippen LogP contribution in [0.4, 0.5) is 0 Å². The highest BCUT2D eigenvalue weighted by molar-refractivity contribution is 5.15. The normalized spacial score (nSPS) is 25.0. The van der Waals surface area contributed by atoms with E-state index in [0.717, 1.165) is 39.3 Å². The molecular formula is C18H27NO2. The summed E-state index contributed by atoms with van der Waals surface area (Å²) in [6.07, 6.45) is 5.31. The van der Waals surface area contributed by atoms with Crippen LogP contribution in [0.5, 0.6) is 0 Å². The van der Waals surface area contributed by atoms with Crippen molar-refractivity contribution in [3.8, 4) is 0 Å². The van der Waals surface area contributed by atoms with E-state index in [0.29, 0.717) is 12.0 Å². The second-order valence-electron chi connectivity index (χ2n) is 6.24. The van der Waals surface area contributed by atoms with Gasteiger partial charge in [0.2, 0.25) is 0 Å². The van der Waals surface area contributed by atoms with Crippen LogP contribution in [0.2, 0.25) is 0 Å². The van der Waals surface area contributed by atoms with Gasteiger partial charge in [0.05, 0.1) is 19.3 Å². The van der Waals surface area contributed by atoms with Gasteiger partial charge < -0.3 is 9.47 Å². The fourth-order valence-electron chi connectivity index (χ4n) is 3.48. The molecule has 2 aliphatic heterocycles. The minimum absolute atomic E-state index is 0.464. The van der Waals surface area contributed by atoms with Crippen molar-refractivity contribution < 1.29 is 9.47 Å². The van der Waals surface area contributed by atoms with Crippen molar-refractivity contribution in [2.24, 2.45) is 5.92 Å². The van der Waals surface area contributed by atoms with Gasteiger partial charge in [-0.3, -0.25) is 4.90 Å². The molecule has 21 heavy (non-hydrogen) atoms. The highest BCUT2D eigenvalue weighted by atomic mass is 16.5. The molecule has 2 fully saturated rings. The van der Waals surface area contributed by atoms with E-state index in [1.807, 2.05) is 0 Å². The summed E-state index contributed by atoms with van der Waals surface area (Å²) in [4.78, 5) is 2.54. The van der Waals surface area contributed by atoms with Gasteiger partial charge in [-0.05, 0) is 43.7 Å². The standard InChI is InChI=1S/C18H27NO2/c1-2-5-16(6-3-1)15-17(18-7-4-12-21-18)8-9-19-10-13-20-14-11-19/h1-3,5-6,17-18H,4,7-15H2. The van der Waals surface area contributed by atoms with Crippen LogP contribution in [0.1, 0.15) is 24.8 Å². The van der Waals surface area contributed by atoms with Crippen molar-refractivity contribution in [3.05, 3.63) is 35.9 Å². The van der Waals surface area contributed by atoms with Crippen molar-refractivity contribution in [1.82, 2.24) is 4.90 Å². The maximum absolute atomic E-state index is 5.98. The van der Waals surface area contributed by atoms with Crippen LogP contribution in [-0.2, 0) is 15.9 Å². The number of morpholine rings is 1. The van der Waals surface area contributed by atoms with Gasteiger partial charge in [-0.15, -0.1) is 0 Å². The lowest BCUT2D eigenvalue weighted by atomic mass is 9.89. The number of benzene rings is 1. The molecule has 0 radical (unpaired) electrons. The predicted octanol–water partition coefficient (Wildman–Crippen LogP) is 2.75. The first-order valence-electron chi connectivity index (χ1n) is 8.37. The average Bonchev–Trinajstić information content (AvgIpc) is 3.08. The number of nitrogens with zero attached hydrogens (tertiary/aromatic N) is 1. The molecule has 1 aromatic rings. The Bertz CT molecular complexity index is 397.